The molecule has 2 N–H and O–H groups in total. The number of nitrogens with two attached hydrogens (primary N) is 1. The number of halogens is 3. The summed E-state index contributed by atoms with van der Waals surface area (Å²) in [7, 11) is 0. The highest BCUT2D eigenvalue weighted by molar-refractivity contribution is 5.77. The zero-order chi connectivity index (χ0) is 14.8. The number of benzene rings is 1. The van der Waals surface area contributed by atoms with Crippen molar-refractivity contribution in [3.05, 3.63) is 29.3 Å². The van der Waals surface area contributed by atoms with Gasteiger partial charge in [0.1, 0.15) is 13.2 Å². The molecular weight excluding hydrogens is 273 g/mol. The summed E-state index contributed by atoms with van der Waals surface area (Å²) in [5.41, 5.74) is 8.32. The van der Waals surface area contributed by atoms with Crippen LogP contribution in [0.5, 0.6) is 0 Å². The number of anilines is 1. The molecule has 0 saturated heterocycles. The minimum Gasteiger partial charge on any atom is -0.399 e. The molecular formula is C13H15F3N2O2. The number of hydrogen-bond acceptors (Lipinski definition) is 3. The molecule has 1 heterocycles. The van der Waals surface area contributed by atoms with Crippen LogP contribution in [0.3, 0.4) is 0 Å². The van der Waals surface area contributed by atoms with Crippen molar-refractivity contribution in [1.29, 1.82) is 0 Å². The smallest absolute Gasteiger partial charge is 0.399 e. The zero-order valence-corrected chi connectivity index (χ0v) is 10.7. The lowest BCUT2D eigenvalue weighted by Crippen LogP contribution is -2.38. The molecule has 0 aliphatic carbocycles. The third-order valence-electron chi connectivity index (χ3n) is 3.09. The summed E-state index contributed by atoms with van der Waals surface area (Å²) < 4.78 is 40.2. The molecule has 1 aromatic carbocycles. The van der Waals surface area contributed by atoms with E-state index in [1.54, 1.807) is 12.1 Å². The van der Waals surface area contributed by atoms with Crippen molar-refractivity contribution >= 4 is 11.6 Å². The van der Waals surface area contributed by atoms with Crippen molar-refractivity contribution in [3.63, 3.8) is 0 Å². The zero-order valence-electron chi connectivity index (χ0n) is 10.7. The fourth-order valence-electron chi connectivity index (χ4n) is 2.14. The number of ether oxygens (including phenoxy) is 1. The monoisotopic (exact) mass is 288 g/mol. The van der Waals surface area contributed by atoms with Crippen molar-refractivity contribution in [3.8, 4) is 0 Å². The Labute approximate surface area is 114 Å². The van der Waals surface area contributed by atoms with Crippen molar-refractivity contribution < 1.29 is 22.7 Å². The summed E-state index contributed by atoms with van der Waals surface area (Å²) in [4.78, 5) is 13.3. The van der Waals surface area contributed by atoms with E-state index in [0.717, 1.165) is 11.1 Å². The topological polar surface area (TPSA) is 55.6 Å². The van der Waals surface area contributed by atoms with Gasteiger partial charge in [-0.05, 0) is 29.7 Å². The standard InChI is InChI=1S/C13H15F3N2O2/c14-13(15,16)8-20-7-12(19)18-4-3-9-1-2-11(17)5-10(9)6-18/h1-2,5H,3-4,6-8,17H2. The summed E-state index contributed by atoms with van der Waals surface area (Å²) in [6, 6.07) is 5.49. The average Bonchev–Trinajstić information content (AvgIpc) is 2.36. The van der Waals surface area contributed by atoms with E-state index in [1.165, 1.54) is 4.90 Å². The van der Waals surface area contributed by atoms with Gasteiger partial charge in [-0.2, -0.15) is 13.2 Å². The van der Waals surface area contributed by atoms with Gasteiger partial charge in [0.15, 0.2) is 0 Å². The first-order valence-corrected chi connectivity index (χ1v) is 6.15. The predicted molar refractivity (Wildman–Crippen MR) is 66.8 cm³/mol. The molecule has 4 nitrogen and oxygen atoms in total. The van der Waals surface area contributed by atoms with E-state index in [-0.39, 0.29) is 0 Å². The molecule has 110 valence electrons. The second kappa shape index (κ2) is 5.70. The van der Waals surface area contributed by atoms with E-state index in [1.807, 2.05) is 6.07 Å². The quantitative estimate of drug-likeness (QED) is 0.862. The molecule has 0 radical (unpaired) electrons. The van der Waals surface area contributed by atoms with Gasteiger partial charge in [0, 0.05) is 18.8 Å². The summed E-state index contributed by atoms with van der Waals surface area (Å²) >= 11 is 0. The lowest BCUT2D eigenvalue weighted by molar-refractivity contribution is -0.178. The van der Waals surface area contributed by atoms with Crippen LogP contribution in [0.15, 0.2) is 18.2 Å². The van der Waals surface area contributed by atoms with Gasteiger partial charge in [-0.1, -0.05) is 6.07 Å². The van der Waals surface area contributed by atoms with E-state index >= 15 is 0 Å². The van der Waals surface area contributed by atoms with Gasteiger partial charge in [-0.25, -0.2) is 0 Å². The lowest BCUT2D eigenvalue weighted by atomic mass is 9.99. The maximum Gasteiger partial charge on any atom is 0.411 e. The van der Waals surface area contributed by atoms with Crippen LogP contribution in [-0.4, -0.2) is 36.7 Å². The molecule has 1 aliphatic heterocycles. The fourth-order valence-corrected chi connectivity index (χ4v) is 2.14. The molecule has 2 rings (SSSR count). The van der Waals surface area contributed by atoms with Gasteiger partial charge < -0.3 is 15.4 Å². The number of rotatable bonds is 3. The van der Waals surface area contributed by atoms with Crippen LogP contribution in [0.1, 0.15) is 11.1 Å². The van der Waals surface area contributed by atoms with E-state index in [9.17, 15) is 18.0 Å². The maximum atomic E-state index is 11.9. The number of carbonyl (C=O) groups is 1. The van der Waals surface area contributed by atoms with Crippen molar-refractivity contribution in [1.82, 2.24) is 4.90 Å². The normalized spacial score (nSPS) is 15.1. The fraction of sp³-hybridized carbons (Fsp3) is 0.462. The molecule has 20 heavy (non-hydrogen) atoms. The minimum absolute atomic E-state index is 0.356. The second-order valence-electron chi connectivity index (χ2n) is 4.70. The molecule has 1 aromatic rings. The van der Waals surface area contributed by atoms with Gasteiger partial charge in [0.25, 0.3) is 0 Å². The highest BCUT2D eigenvalue weighted by Crippen LogP contribution is 2.21. The second-order valence-corrected chi connectivity index (χ2v) is 4.70. The van der Waals surface area contributed by atoms with Gasteiger partial charge in [-0.15, -0.1) is 0 Å². The Morgan fingerprint density at radius 3 is 2.80 bits per heavy atom. The third kappa shape index (κ3) is 3.86. The van der Waals surface area contributed by atoms with E-state index in [2.05, 4.69) is 4.74 Å². The number of fused-ring (bicyclic) bond motifs is 1. The van der Waals surface area contributed by atoms with Crippen LogP contribution in [0.2, 0.25) is 0 Å². The molecule has 1 aliphatic rings. The predicted octanol–water partition coefficient (Wildman–Crippen LogP) is 1.73. The summed E-state index contributed by atoms with van der Waals surface area (Å²) in [6.07, 6.45) is -3.75. The Morgan fingerprint density at radius 1 is 1.35 bits per heavy atom. The number of amides is 1. The SMILES string of the molecule is Nc1ccc2c(c1)CN(C(=O)COCC(F)(F)F)CC2. The van der Waals surface area contributed by atoms with Gasteiger partial charge in [0.2, 0.25) is 5.91 Å². The van der Waals surface area contributed by atoms with Crippen molar-refractivity contribution in [2.75, 3.05) is 25.5 Å². The molecule has 0 spiro atoms. The minimum atomic E-state index is -4.41. The summed E-state index contributed by atoms with van der Waals surface area (Å²) in [6.45, 7) is -1.13. The van der Waals surface area contributed by atoms with Crippen LogP contribution in [-0.2, 0) is 22.5 Å². The average molecular weight is 288 g/mol. The van der Waals surface area contributed by atoms with Crippen LogP contribution in [0.25, 0.3) is 0 Å². The molecule has 1 amide bonds. The number of carbonyl (C=O) groups excluding carboxylic acids is 1. The number of alkyl halides is 3. The third-order valence-corrected chi connectivity index (χ3v) is 3.09. The Hall–Kier alpha value is -1.76. The Balaban J connectivity index is 1.90. The van der Waals surface area contributed by atoms with Crippen LogP contribution in [0, 0.1) is 0 Å². The molecule has 0 fully saturated rings. The van der Waals surface area contributed by atoms with Crippen LogP contribution in [0.4, 0.5) is 18.9 Å². The van der Waals surface area contributed by atoms with Crippen LogP contribution < -0.4 is 5.73 Å². The van der Waals surface area contributed by atoms with E-state index in [4.69, 9.17) is 5.73 Å². The first-order chi connectivity index (χ1) is 9.35. The van der Waals surface area contributed by atoms with Gasteiger partial charge in [-0.3, -0.25) is 4.79 Å². The molecule has 0 atom stereocenters. The van der Waals surface area contributed by atoms with E-state index in [0.29, 0.717) is 25.2 Å². The highest BCUT2D eigenvalue weighted by atomic mass is 19.4. The summed E-state index contributed by atoms with van der Waals surface area (Å²) in [5.74, 6) is -0.442. The molecule has 0 unspecified atom stereocenters. The molecule has 0 saturated carbocycles. The number of hydrogen-bond donors (Lipinski definition) is 1. The molecule has 0 bridgehead atoms. The largest absolute Gasteiger partial charge is 0.411 e. The first kappa shape index (κ1) is 14.6. The highest BCUT2D eigenvalue weighted by Gasteiger charge is 2.28. The Bertz CT molecular complexity index is 503. The molecule has 0 aromatic heterocycles. The van der Waals surface area contributed by atoms with E-state index < -0.39 is 25.3 Å². The Morgan fingerprint density at radius 2 is 2.10 bits per heavy atom. The number of nitrogen functional groups attached to an aromatic ring is 1. The Kier molecular flexibility index (Phi) is 4.17. The lowest BCUT2D eigenvalue weighted by Gasteiger charge is -2.29. The van der Waals surface area contributed by atoms with Crippen molar-refractivity contribution in [2.45, 2.75) is 19.1 Å². The van der Waals surface area contributed by atoms with Crippen molar-refractivity contribution in [2.24, 2.45) is 0 Å². The maximum absolute atomic E-state index is 11.9. The first-order valence-electron chi connectivity index (χ1n) is 6.15. The number of nitrogens with zero attached hydrogens (tertiary/aromatic N) is 1. The van der Waals surface area contributed by atoms with Gasteiger partial charge >= 0.3 is 6.18 Å². The van der Waals surface area contributed by atoms with Gasteiger partial charge in [0.05, 0.1) is 0 Å². The summed E-state index contributed by atoms with van der Waals surface area (Å²) in [5, 5.41) is 0. The van der Waals surface area contributed by atoms with Crippen LogP contribution >= 0.6 is 0 Å². The molecule has 7 heteroatoms.